The molecule has 1 amide bonds. The van der Waals surface area contributed by atoms with Crippen LogP contribution in [-0.2, 0) is 11.3 Å². The second kappa shape index (κ2) is 8.43. The van der Waals surface area contributed by atoms with Gasteiger partial charge in [-0.25, -0.2) is 0 Å². The molecule has 0 N–H and O–H groups in total. The third kappa shape index (κ3) is 4.23. The Kier molecular flexibility index (Phi) is 5.74. The molecule has 2 aromatic carbocycles. The molecular formula is C23H25NO4S. The Morgan fingerprint density at radius 2 is 1.79 bits per heavy atom. The van der Waals surface area contributed by atoms with Gasteiger partial charge in [-0.1, -0.05) is 24.3 Å². The molecule has 3 aromatic rings. The Morgan fingerprint density at radius 3 is 2.48 bits per heavy atom. The van der Waals surface area contributed by atoms with Crippen molar-refractivity contribution < 1.29 is 19.0 Å². The number of amides is 1. The molecule has 0 aliphatic carbocycles. The van der Waals surface area contributed by atoms with Crippen LogP contribution in [-0.4, -0.2) is 43.2 Å². The zero-order valence-electron chi connectivity index (χ0n) is 16.9. The average molecular weight is 412 g/mol. The fourth-order valence-electron chi connectivity index (χ4n) is 3.67. The summed E-state index contributed by atoms with van der Waals surface area (Å²) in [6.45, 7) is 5.58. The normalized spacial score (nSPS) is 19.3. The molecule has 1 saturated heterocycles. The first-order valence-corrected chi connectivity index (χ1v) is 10.6. The second-order valence-electron chi connectivity index (χ2n) is 7.36. The maximum absolute atomic E-state index is 13.4. The largest absolute Gasteiger partial charge is 0.497 e. The van der Waals surface area contributed by atoms with Crippen molar-refractivity contribution >= 4 is 27.3 Å². The van der Waals surface area contributed by atoms with E-state index in [9.17, 15) is 4.79 Å². The molecule has 4 rings (SSSR count). The van der Waals surface area contributed by atoms with Crippen LogP contribution in [0.1, 0.15) is 29.1 Å². The highest BCUT2D eigenvalue weighted by atomic mass is 32.1. The zero-order valence-corrected chi connectivity index (χ0v) is 17.7. The first-order valence-electron chi connectivity index (χ1n) is 9.77. The van der Waals surface area contributed by atoms with Crippen LogP contribution in [0, 0.1) is 0 Å². The maximum Gasteiger partial charge on any atom is 0.267 e. The van der Waals surface area contributed by atoms with Gasteiger partial charge in [-0.3, -0.25) is 4.79 Å². The van der Waals surface area contributed by atoms with E-state index in [4.69, 9.17) is 14.2 Å². The minimum Gasteiger partial charge on any atom is -0.497 e. The molecule has 2 heterocycles. The summed E-state index contributed by atoms with van der Waals surface area (Å²) in [5.41, 5.74) is 1.02. The van der Waals surface area contributed by atoms with Crippen LogP contribution in [0.2, 0.25) is 0 Å². The van der Waals surface area contributed by atoms with Crippen LogP contribution in [0.3, 0.4) is 0 Å². The van der Waals surface area contributed by atoms with Crippen LogP contribution < -0.4 is 9.47 Å². The number of carbonyl (C=O) groups excluding carboxylic acids is 1. The molecule has 0 bridgehead atoms. The summed E-state index contributed by atoms with van der Waals surface area (Å²) in [5, 5.41) is 0.976. The summed E-state index contributed by atoms with van der Waals surface area (Å²) in [7, 11) is 1.65. The van der Waals surface area contributed by atoms with Crippen LogP contribution in [0.25, 0.3) is 10.1 Å². The maximum atomic E-state index is 13.4. The fraction of sp³-hybridized carbons (Fsp3) is 0.348. The smallest absolute Gasteiger partial charge is 0.267 e. The Morgan fingerprint density at radius 1 is 1.10 bits per heavy atom. The highest BCUT2D eigenvalue weighted by Gasteiger charge is 2.30. The topological polar surface area (TPSA) is 48.0 Å². The van der Waals surface area contributed by atoms with Gasteiger partial charge in [-0.15, -0.1) is 11.3 Å². The van der Waals surface area contributed by atoms with Crippen LogP contribution in [0.15, 0.2) is 48.5 Å². The number of hydrogen-bond donors (Lipinski definition) is 0. The molecule has 0 saturated carbocycles. The Balaban J connectivity index is 1.62. The Hall–Kier alpha value is -2.57. The number of ether oxygens (including phenoxy) is 3. The van der Waals surface area contributed by atoms with Crippen LogP contribution in [0.5, 0.6) is 11.5 Å². The van der Waals surface area contributed by atoms with Crippen LogP contribution >= 0.6 is 11.3 Å². The predicted molar refractivity (Wildman–Crippen MR) is 115 cm³/mol. The highest BCUT2D eigenvalue weighted by Crippen LogP contribution is 2.39. The van der Waals surface area contributed by atoms with Gasteiger partial charge in [0.05, 0.1) is 19.3 Å². The van der Waals surface area contributed by atoms with E-state index in [-0.39, 0.29) is 18.1 Å². The number of benzene rings is 2. The van der Waals surface area contributed by atoms with Gasteiger partial charge < -0.3 is 19.1 Å². The van der Waals surface area contributed by atoms with Crippen molar-refractivity contribution in [1.29, 1.82) is 0 Å². The molecule has 0 spiro atoms. The molecule has 6 heteroatoms. The number of rotatable bonds is 5. The van der Waals surface area contributed by atoms with E-state index in [1.165, 1.54) is 11.3 Å². The van der Waals surface area contributed by atoms with E-state index in [1.54, 1.807) is 7.11 Å². The molecule has 29 heavy (non-hydrogen) atoms. The van der Waals surface area contributed by atoms with Gasteiger partial charge in [0.15, 0.2) is 5.75 Å². The molecule has 1 fully saturated rings. The van der Waals surface area contributed by atoms with Crippen LogP contribution in [0.4, 0.5) is 0 Å². The first kappa shape index (κ1) is 19.7. The summed E-state index contributed by atoms with van der Waals surface area (Å²) in [6.07, 6.45) is 0.0569. The van der Waals surface area contributed by atoms with E-state index in [0.29, 0.717) is 30.3 Å². The van der Waals surface area contributed by atoms with Crippen molar-refractivity contribution in [3.8, 4) is 11.5 Å². The third-order valence-electron chi connectivity index (χ3n) is 4.99. The van der Waals surface area contributed by atoms with Gasteiger partial charge in [0.25, 0.3) is 5.91 Å². The van der Waals surface area contributed by atoms with Crippen molar-refractivity contribution in [1.82, 2.24) is 4.90 Å². The first-order chi connectivity index (χ1) is 14.0. The molecule has 1 aliphatic rings. The Labute approximate surface area is 174 Å². The molecule has 0 unspecified atom stereocenters. The van der Waals surface area contributed by atoms with Gasteiger partial charge in [0.2, 0.25) is 0 Å². The van der Waals surface area contributed by atoms with E-state index in [0.717, 1.165) is 21.4 Å². The average Bonchev–Trinajstić information content (AvgIpc) is 3.10. The van der Waals surface area contributed by atoms with E-state index in [1.807, 2.05) is 67.3 Å². The van der Waals surface area contributed by atoms with E-state index in [2.05, 4.69) is 0 Å². The van der Waals surface area contributed by atoms with Gasteiger partial charge in [0.1, 0.15) is 17.2 Å². The SMILES string of the molecule is COc1ccc(COc2c(C(=O)N3C[C@@H](C)O[C@@H](C)C3)sc3ccccc23)cc1. The van der Waals surface area contributed by atoms with Gasteiger partial charge in [0, 0.05) is 23.2 Å². The zero-order chi connectivity index (χ0) is 20.4. The van der Waals surface area contributed by atoms with Crippen molar-refractivity contribution in [2.45, 2.75) is 32.7 Å². The quantitative estimate of drug-likeness (QED) is 0.609. The highest BCUT2D eigenvalue weighted by molar-refractivity contribution is 7.21. The standard InChI is InChI=1S/C23H25NO4S/c1-15-12-24(13-16(2)28-15)23(25)22-21(19-6-4-5-7-20(19)29-22)27-14-17-8-10-18(26-3)11-9-17/h4-11,15-16H,12-14H2,1-3H3/t15-,16+. The van der Waals surface area contributed by atoms with Crippen molar-refractivity contribution in [3.05, 3.63) is 59.0 Å². The Bertz CT molecular complexity index is 988. The number of carbonyl (C=O) groups is 1. The summed E-state index contributed by atoms with van der Waals surface area (Å²) in [6, 6.07) is 15.8. The van der Waals surface area contributed by atoms with E-state index >= 15 is 0 Å². The number of thiophene rings is 1. The number of nitrogens with zero attached hydrogens (tertiary/aromatic N) is 1. The summed E-state index contributed by atoms with van der Waals surface area (Å²) < 4.78 is 18.3. The summed E-state index contributed by atoms with van der Waals surface area (Å²) in [4.78, 5) is 15.9. The van der Waals surface area contributed by atoms with Gasteiger partial charge in [-0.2, -0.15) is 0 Å². The molecule has 2 atom stereocenters. The minimum absolute atomic E-state index is 0.0120. The molecular weight excluding hydrogens is 386 g/mol. The minimum atomic E-state index is 0.0120. The molecule has 5 nitrogen and oxygen atoms in total. The molecule has 1 aromatic heterocycles. The number of morpholine rings is 1. The predicted octanol–water partition coefficient (Wildman–Crippen LogP) is 4.74. The lowest BCUT2D eigenvalue weighted by Crippen LogP contribution is -2.48. The van der Waals surface area contributed by atoms with Gasteiger partial charge in [-0.05, 0) is 43.7 Å². The summed E-state index contributed by atoms with van der Waals surface area (Å²) >= 11 is 1.49. The number of fused-ring (bicyclic) bond motifs is 1. The molecule has 1 aliphatic heterocycles. The lowest BCUT2D eigenvalue weighted by molar-refractivity contribution is -0.0585. The lowest BCUT2D eigenvalue weighted by Gasteiger charge is -2.35. The van der Waals surface area contributed by atoms with Crippen molar-refractivity contribution in [3.63, 3.8) is 0 Å². The number of methoxy groups -OCH3 is 1. The van der Waals surface area contributed by atoms with E-state index < -0.39 is 0 Å². The second-order valence-corrected chi connectivity index (χ2v) is 8.41. The fourth-order valence-corrected chi connectivity index (χ4v) is 4.79. The van der Waals surface area contributed by atoms with Crippen molar-refractivity contribution in [2.24, 2.45) is 0 Å². The number of hydrogen-bond acceptors (Lipinski definition) is 5. The third-order valence-corrected chi connectivity index (χ3v) is 6.13. The summed E-state index contributed by atoms with van der Waals surface area (Å²) in [5.74, 6) is 1.48. The monoisotopic (exact) mass is 411 g/mol. The lowest BCUT2D eigenvalue weighted by atomic mass is 10.2. The van der Waals surface area contributed by atoms with Gasteiger partial charge >= 0.3 is 0 Å². The van der Waals surface area contributed by atoms with Crippen molar-refractivity contribution in [2.75, 3.05) is 20.2 Å². The molecule has 0 radical (unpaired) electrons. The molecule has 152 valence electrons.